The van der Waals surface area contributed by atoms with Crippen molar-refractivity contribution < 1.29 is 9.90 Å². The van der Waals surface area contributed by atoms with Gasteiger partial charge >= 0.3 is 5.97 Å². The van der Waals surface area contributed by atoms with Gasteiger partial charge in [0.1, 0.15) is 0 Å². The van der Waals surface area contributed by atoms with Crippen LogP contribution in [0.3, 0.4) is 0 Å². The van der Waals surface area contributed by atoms with Gasteiger partial charge in [0.2, 0.25) is 0 Å². The first kappa shape index (κ1) is 11.7. The number of hydrogen-bond donors (Lipinski definition) is 1. The summed E-state index contributed by atoms with van der Waals surface area (Å²) in [7, 11) is 0. The van der Waals surface area contributed by atoms with E-state index in [4.69, 9.17) is 5.11 Å². The summed E-state index contributed by atoms with van der Waals surface area (Å²) < 4.78 is 1.53. The van der Waals surface area contributed by atoms with E-state index in [0.29, 0.717) is 5.69 Å². The lowest BCUT2D eigenvalue weighted by molar-refractivity contribution is 0.0689. The lowest BCUT2D eigenvalue weighted by Gasteiger charge is -2.04. The molecule has 0 aliphatic rings. The number of hydrogen-bond acceptors (Lipinski definition) is 4. The highest BCUT2D eigenvalue weighted by atomic mass is 32.2. The van der Waals surface area contributed by atoms with Crippen LogP contribution < -0.4 is 0 Å². The third kappa shape index (κ3) is 2.16. The molecule has 1 heterocycles. The van der Waals surface area contributed by atoms with E-state index in [1.54, 1.807) is 18.7 Å². The van der Waals surface area contributed by atoms with Crippen LogP contribution in [0.2, 0.25) is 0 Å². The van der Waals surface area contributed by atoms with Gasteiger partial charge in [-0.25, -0.2) is 9.48 Å². The van der Waals surface area contributed by atoms with Gasteiger partial charge in [0.05, 0.1) is 11.4 Å². The maximum atomic E-state index is 10.9. The third-order valence-corrected chi connectivity index (χ3v) is 3.12. The Labute approximate surface area is 102 Å². The third-order valence-electron chi connectivity index (χ3n) is 2.40. The summed E-state index contributed by atoms with van der Waals surface area (Å²) in [5, 5.41) is 16.4. The molecule has 0 saturated heterocycles. The van der Waals surface area contributed by atoms with Crippen molar-refractivity contribution >= 4 is 17.7 Å². The number of carboxylic acids is 1. The number of nitrogens with zero attached hydrogens (tertiary/aromatic N) is 3. The van der Waals surface area contributed by atoms with Crippen molar-refractivity contribution in [2.24, 2.45) is 0 Å². The van der Waals surface area contributed by atoms with Gasteiger partial charge in [-0.05, 0) is 31.4 Å². The Hall–Kier alpha value is -1.82. The molecular formula is C11H11N3O2S. The molecule has 0 aliphatic carbocycles. The van der Waals surface area contributed by atoms with E-state index in [0.717, 1.165) is 10.6 Å². The zero-order chi connectivity index (χ0) is 12.4. The minimum atomic E-state index is -1.06. The van der Waals surface area contributed by atoms with Crippen molar-refractivity contribution in [1.82, 2.24) is 15.0 Å². The molecule has 0 spiro atoms. The highest BCUT2D eigenvalue weighted by molar-refractivity contribution is 7.98. The molecule has 6 heteroatoms. The number of carbonyl (C=O) groups is 1. The van der Waals surface area contributed by atoms with Gasteiger partial charge < -0.3 is 5.11 Å². The maximum absolute atomic E-state index is 10.9. The molecule has 1 aromatic carbocycles. The number of rotatable bonds is 3. The van der Waals surface area contributed by atoms with Crippen LogP contribution in [0.4, 0.5) is 0 Å². The average molecular weight is 249 g/mol. The van der Waals surface area contributed by atoms with Crippen molar-refractivity contribution in [3.63, 3.8) is 0 Å². The molecule has 0 bridgehead atoms. The summed E-state index contributed by atoms with van der Waals surface area (Å²) >= 11 is 1.62. The number of carboxylic acid groups (broad SMARTS) is 1. The van der Waals surface area contributed by atoms with Gasteiger partial charge in [0.15, 0.2) is 5.69 Å². The van der Waals surface area contributed by atoms with Gasteiger partial charge in [0, 0.05) is 4.90 Å². The number of aromatic nitrogens is 3. The fraction of sp³-hybridized carbons (Fsp3) is 0.182. The Balaban J connectivity index is 2.49. The second-order valence-electron chi connectivity index (χ2n) is 3.44. The highest BCUT2D eigenvalue weighted by Crippen LogP contribution is 2.19. The van der Waals surface area contributed by atoms with E-state index in [-0.39, 0.29) is 5.69 Å². The number of thioether (sulfide) groups is 1. The molecular weight excluding hydrogens is 238 g/mol. The Bertz CT molecular complexity index is 566. The summed E-state index contributed by atoms with van der Waals surface area (Å²) in [6.45, 7) is 1.69. The van der Waals surface area contributed by atoms with Crippen molar-refractivity contribution in [2.45, 2.75) is 11.8 Å². The number of benzene rings is 1. The average Bonchev–Trinajstić information content (AvgIpc) is 2.71. The molecule has 88 valence electrons. The van der Waals surface area contributed by atoms with Gasteiger partial charge in [-0.15, -0.1) is 16.9 Å². The van der Waals surface area contributed by atoms with Crippen LogP contribution in [-0.2, 0) is 0 Å². The molecule has 5 nitrogen and oxygen atoms in total. The summed E-state index contributed by atoms with van der Waals surface area (Å²) in [6, 6.07) is 7.70. The molecule has 0 radical (unpaired) electrons. The van der Waals surface area contributed by atoms with E-state index in [9.17, 15) is 4.79 Å². The summed E-state index contributed by atoms with van der Waals surface area (Å²) in [5.41, 5.74) is 1.32. The fourth-order valence-electron chi connectivity index (χ4n) is 1.51. The van der Waals surface area contributed by atoms with Gasteiger partial charge in [-0.2, -0.15) is 0 Å². The largest absolute Gasteiger partial charge is 0.476 e. The van der Waals surface area contributed by atoms with Gasteiger partial charge in [-0.3, -0.25) is 0 Å². The van der Waals surface area contributed by atoms with Crippen LogP contribution in [0.15, 0.2) is 29.2 Å². The SMILES string of the molecule is CSc1cccc(-n2nnc(C(=O)O)c2C)c1. The van der Waals surface area contributed by atoms with Crippen molar-refractivity contribution in [2.75, 3.05) is 6.26 Å². The van der Waals surface area contributed by atoms with Crippen LogP contribution in [0, 0.1) is 6.92 Å². The molecule has 0 saturated carbocycles. The monoisotopic (exact) mass is 249 g/mol. The van der Waals surface area contributed by atoms with E-state index in [2.05, 4.69) is 10.3 Å². The second kappa shape index (κ2) is 4.58. The normalized spacial score (nSPS) is 10.5. The first-order valence-corrected chi connectivity index (χ1v) is 6.16. The standard InChI is InChI=1S/C11H11N3O2S/c1-7-10(11(15)16)12-13-14(7)8-4-3-5-9(6-8)17-2/h3-6H,1-2H3,(H,15,16). The Morgan fingerprint density at radius 2 is 2.24 bits per heavy atom. The summed E-state index contributed by atoms with van der Waals surface area (Å²) in [4.78, 5) is 12.0. The Morgan fingerprint density at radius 1 is 1.47 bits per heavy atom. The van der Waals surface area contributed by atoms with E-state index < -0.39 is 5.97 Å². The van der Waals surface area contributed by atoms with E-state index in [1.807, 2.05) is 30.5 Å². The van der Waals surface area contributed by atoms with Crippen LogP contribution in [0.1, 0.15) is 16.2 Å². The summed E-state index contributed by atoms with van der Waals surface area (Å²) in [5.74, 6) is -1.06. The number of aromatic carboxylic acids is 1. The minimum absolute atomic E-state index is 0.0143. The predicted octanol–water partition coefficient (Wildman–Crippen LogP) is 2.00. The predicted molar refractivity (Wildman–Crippen MR) is 64.8 cm³/mol. The molecule has 1 aromatic heterocycles. The lowest BCUT2D eigenvalue weighted by atomic mass is 10.3. The van der Waals surface area contributed by atoms with Crippen molar-refractivity contribution in [1.29, 1.82) is 0 Å². The van der Waals surface area contributed by atoms with E-state index >= 15 is 0 Å². The molecule has 0 unspecified atom stereocenters. The molecule has 2 rings (SSSR count). The molecule has 0 aliphatic heterocycles. The second-order valence-corrected chi connectivity index (χ2v) is 4.32. The van der Waals surface area contributed by atoms with E-state index in [1.165, 1.54) is 4.68 Å². The fourth-order valence-corrected chi connectivity index (χ4v) is 1.97. The van der Waals surface area contributed by atoms with Crippen LogP contribution >= 0.6 is 11.8 Å². The zero-order valence-corrected chi connectivity index (χ0v) is 10.2. The maximum Gasteiger partial charge on any atom is 0.358 e. The Kier molecular flexibility index (Phi) is 3.14. The molecule has 1 N–H and O–H groups in total. The van der Waals surface area contributed by atoms with Crippen molar-refractivity contribution in [3.05, 3.63) is 35.7 Å². The first-order valence-electron chi connectivity index (χ1n) is 4.93. The van der Waals surface area contributed by atoms with Gasteiger partial charge in [0.25, 0.3) is 0 Å². The smallest absolute Gasteiger partial charge is 0.358 e. The molecule has 2 aromatic rings. The molecule has 17 heavy (non-hydrogen) atoms. The van der Waals surface area contributed by atoms with Crippen molar-refractivity contribution in [3.8, 4) is 5.69 Å². The topological polar surface area (TPSA) is 68.0 Å². The highest BCUT2D eigenvalue weighted by Gasteiger charge is 2.15. The van der Waals surface area contributed by atoms with Crippen LogP contribution in [-0.4, -0.2) is 32.3 Å². The van der Waals surface area contributed by atoms with Crippen LogP contribution in [0.25, 0.3) is 5.69 Å². The lowest BCUT2D eigenvalue weighted by Crippen LogP contribution is -2.02. The van der Waals surface area contributed by atoms with Crippen LogP contribution in [0.5, 0.6) is 0 Å². The zero-order valence-electron chi connectivity index (χ0n) is 9.41. The molecule has 0 fully saturated rings. The molecule has 0 amide bonds. The first-order chi connectivity index (χ1) is 8.13. The summed E-state index contributed by atoms with van der Waals surface area (Å²) in [6.07, 6.45) is 1.98. The Morgan fingerprint density at radius 3 is 2.82 bits per heavy atom. The van der Waals surface area contributed by atoms with Gasteiger partial charge in [-0.1, -0.05) is 11.3 Å². The minimum Gasteiger partial charge on any atom is -0.476 e. The quantitative estimate of drug-likeness (QED) is 0.842. The molecule has 0 atom stereocenters.